The van der Waals surface area contributed by atoms with Crippen LogP contribution in [0.15, 0.2) is 30.5 Å². The van der Waals surface area contributed by atoms with Crippen LogP contribution in [-0.2, 0) is 16.0 Å². The number of hydrogen-bond acceptors (Lipinski definition) is 5. The number of anilines is 1. The van der Waals surface area contributed by atoms with E-state index in [4.69, 9.17) is 4.74 Å². The van der Waals surface area contributed by atoms with Crippen molar-refractivity contribution in [2.75, 3.05) is 25.1 Å². The van der Waals surface area contributed by atoms with Crippen LogP contribution in [0.2, 0.25) is 0 Å². The molecule has 122 valence electrons. The normalized spacial score (nSPS) is 17.9. The molecule has 1 saturated heterocycles. The first kappa shape index (κ1) is 16.0. The van der Waals surface area contributed by atoms with Crippen molar-refractivity contribution in [1.29, 1.82) is 0 Å². The first-order chi connectivity index (χ1) is 11.2. The first-order valence-corrected chi connectivity index (χ1v) is 8.31. The highest BCUT2D eigenvalue weighted by atomic mass is 32.1. The Morgan fingerprint density at radius 2 is 2.43 bits per heavy atom. The van der Waals surface area contributed by atoms with Crippen LogP contribution < -0.4 is 10.6 Å². The van der Waals surface area contributed by atoms with Crippen LogP contribution in [0.3, 0.4) is 0 Å². The Balaban J connectivity index is 1.53. The number of carbonyl (C=O) groups excluding carboxylic acids is 1. The average molecular weight is 335 g/mol. The Morgan fingerprint density at radius 1 is 1.52 bits per heavy atom. The van der Waals surface area contributed by atoms with E-state index in [-0.39, 0.29) is 17.8 Å². The highest BCUT2D eigenvalue weighted by Gasteiger charge is 2.17. The fourth-order valence-electron chi connectivity index (χ4n) is 2.44. The topological polar surface area (TPSA) is 63.2 Å². The zero-order valence-electron chi connectivity index (χ0n) is 12.5. The summed E-state index contributed by atoms with van der Waals surface area (Å²) in [6.45, 7) is 2.01. The average Bonchev–Trinajstić information content (AvgIpc) is 2.95. The quantitative estimate of drug-likeness (QED) is 0.879. The van der Waals surface area contributed by atoms with Crippen molar-refractivity contribution in [3.63, 3.8) is 0 Å². The standard InChI is InChI=1S/C16H18FN3O2S/c17-12-3-1-2-11(6-12)7-14-9-19-16(23-14)20-15(21)8-13-10-22-5-4-18-13/h1-3,6,9,13,18H,4-5,7-8,10H2,(H,19,20,21). The summed E-state index contributed by atoms with van der Waals surface area (Å²) in [4.78, 5) is 17.2. The third kappa shape index (κ3) is 4.82. The molecule has 2 N–H and O–H groups in total. The summed E-state index contributed by atoms with van der Waals surface area (Å²) in [7, 11) is 0. The van der Waals surface area contributed by atoms with Gasteiger partial charge in [0.2, 0.25) is 5.91 Å². The Kier molecular flexibility index (Phi) is 5.32. The SMILES string of the molecule is O=C(CC1COCCN1)Nc1ncc(Cc2cccc(F)c2)s1. The van der Waals surface area contributed by atoms with Crippen LogP contribution in [-0.4, -0.2) is 36.7 Å². The largest absolute Gasteiger partial charge is 0.378 e. The monoisotopic (exact) mass is 335 g/mol. The zero-order valence-corrected chi connectivity index (χ0v) is 13.4. The maximum absolute atomic E-state index is 13.2. The summed E-state index contributed by atoms with van der Waals surface area (Å²) in [5.74, 6) is -0.331. The van der Waals surface area contributed by atoms with E-state index < -0.39 is 0 Å². The molecule has 1 aliphatic heterocycles. The van der Waals surface area contributed by atoms with Gasteiger partial charge in [0.05, 0.1) is 13.2 Å². The van der Waals surface area contributed by atoms with Gasteiger partial charge in [0, 0.05) is 36.5 Å². The smallest absolute Gasteiger partial charge is 0.227 e. The van der Waals surface area contributed by atoms with Crippen molar-refractivity contribution in [2.45, 2.75) is 18.9 Å². The molecule has 0 aliphatic carbocycles. The van der Waals surface area contributed by atoms with Crippen LogP contribution in [0.1, 0.15) is 16.9 Å². The van der Waals surface area contributed by atoms with Crippen LogP contribution in [0.25, 0.3) is 0 Å². The number of nitrogens with zero attached hydrogens (tertiary/aromatic N) is 1. The van der Waals surface area contributed by atoms with Crippen LogP contribution in [0.5, 0.6) is 0 Å². The molecule has 1 aromatic heterocycles. The maximum Gasteiger partial charge on any atom is 0.227 e. The molecule has 2 heterocycles. The fraction of sp³-hybridized carbons (Fsp3) is 0.375. The Morgan fingerprint density at radius 3 is 3.22 bits per heavy atom. The van der Waals surface area contributed by atoms with Gasteiger partial charge < -0.3 is 15.4 Å². The van der Waals surface area contributed by atoms with E-state index in [1.807, 2.05) is 6.07 Å². The molecular formula is C16H18FN3O2S. The third-order valence-corrected chi connectivity index (χ3v) is 4.41. The molecule has 0 spiro atoms. The number of thiazole rings is 1. The summed E-state index contributed by atoms with van der Waals surface area (Å²) in [6.07, 6.45) is 2.68. The molecule has 2 aromatic rings. The number of rotatable bonds is 5. The molecule has 1 amide bonds. The number of amides is 1. The molecule has 0 saturated carbocycles. The Hall–Kier alpha value is -1.83. The molecule has 0 radical (unpaired) electrons. The molecule has 1 atom stereocenters. The van der Waals surface area contributed by atoms with Gasteiger partial charge in [0.25, 0.3) is 0 Å². The van der Waals surface area contributed by atoms with Crippen molar-refractivity contribution in [3.8, 4) is 0 Å². The van der Waals surface area contributed by atoms with Gasteiger partial charge in [0.1, 0.15) is 5.82 Å². The van der Waals surface area contributed by atoms with E-state index in [0.717, 1.165) is 17.0 Å². The lowest BCUT2D eigenvalue weighted by Crippen LogP contribution is -2.43. The van der Waals surface area contributed by atoms with Gasteiger partial charge in [-0.25, -0.2) is 9.37 Å². The number of carbonyl (C=O) groups is 1. The van der Waals surface area contributed by atoms with Gasteiger partial charge in [-0.2, -0.15) is 0 Å². The molecule has 1 aromatic carbocycles. The van der Waals surface area contributed by atoms with E-state index in [2.05, 4.69) is 15.6 Å². The zero-order chi connectivity index (χ0) is 16.1. The van der Waals surface area contributed by atoms with E-state index in [9.17, 15) is 9.18 Å². The molecule has 5 nitrogen and oxygen atoms in total. The summed E-state index contributed by atoms with van der Waals surface area (Å²) >= 11 is 1.41. The number of ether oxygens (including phenoxy) is 1. The van der Waals surface area contributed by atoms with Gasteiger partial charge in [0.15, 0.2) is 5.13 Å². The number of nitrogens with one attached hydrogen (secondary N) is 2. The second-order valence-electron chi connectivity index (χ2n) is 5.42. The van der Waals surface area contributed by atoms with Gasteiger partial charge in [-0.15, -0.1) is 11.3 Å². The summed E-state index contributed by atoms with van der Waals surface area (Å²) in [5.41, 5.74) is 0.884. The van der Waals surface area contributed by atoms with E-state index in [1.165, 1.54) is 23.5 Å². The Labute approximate surface area is 137 Å². The Bertz CT molecular complexity index is 671. The van der Waals surface area contributed by atoms with E-state index in [0.29, 0.717) is 31.2 Å². The molecule has 1 fully saturated rings. The third-order valence-electron chi connectivity index (χ3n) is 3.50. The summed E-state index contributed by atoms with van der Waals surface area (Å²) in [6, 6.07) is 6.54. The van der Waals surface area contributed by atoms with Crippen LogP contribution >= 0.6 is 11.3 Å². The lowest BCUT2D eigenvalue weighted by Gasteiger charge is -2.22. The molecule has 3 rings (SSSR count). The number of benzene rings is 1. The predicted molar refractivity (Wildman–Crippen MR) is 87.2 cm³/mol. The highest BCUT2D eigenvalue weighted by molar-refractivity contribution is 7.15. The number of halogens is 1. The summed E-state index contributed by atoms with van der Waals surface area (Å²) in [5, 5.41) is 6.61. The molecule has 7 heteroatoms. The van der Waals surface area contributed by atoms with Crippen LogP contribution in [0.4, 0.5) is 9.52 Å². The van der Waals surface area contributed by atoms with Gasteiger partial charge >= 0.3 is 0 Å². The maximum atomic E-state index is 13.2. The van der Waals surface area contributed by atoms with E-state index >= 15 is 0 Å². The highest BCUT2D eigenvalue weighted by Crippen LogP contribution is 2.21. The predicted octanol–water partition coefficient (Wildman–Crippen LogP) is 2.19. The fourth-order valence-corrected chi connectivity index (χ4v) is 3.30. The molecule has 1 aliphatic rings. The second kappa shape index (κ2) is 7.63. The molecule has 0 bridgehead atoms. The molecular weight excluding hydrogens is 317 g/mol. The van der Waals surface area contributed by atoms with Crippen molar-refractivity contribution in [3.05, 3.63) is 46.7 Å². The van der Waals surface area contributed by atoms with Gasteiger partial charge in [-0.3, -0.25) is 4.79 Å². The number of morpholine rings is 1. The number of hydrogen-bond donors (Lipinski definition) is 2. The van der Waals surface area contributed by atoms with Crippen molar-refractivity contribution >= 4 is 22.4 Å². The van der Waals surface area contributed by atoms with Crippen molar-refractivity contribution < 1.29 is 13.9 Å². The van der Waals surface area contributed by atoms with Gasteiger partial charge in [-0.1, -0.05) is 12.1 Å². The summed E-state index contributed by atoms with van der Waals surface area (Å²) < 4.78 is 18.5. The lowest BCUT2D eigenvalue weighted by atomic mass is 10.1. The second-order valence-corrected chi connectivity index (χ2v) is 6.53. The minimum absolute atomic E-state index is 0.0514. The lowest BCUT2D eigenvalue weighted by molar-refractivity contribution is -0.117. The number of aromatic nitrogens is 1. The van der Waals surface area contributed by atoms with Gasteiger partial charge in [-0.05, 0) is 17.7 Å². The van der Waals surface area contributed by atoms with Crippen molar-refractivity contribution in [1.82, 2.24) is 10.3 Å². The minimum atomic E-state index is -0.247. The molecule has 23 heavy (non-hydrogen) atoms. The van der Waals surface area contributed by atoms with E-state index in [1.54, 1.807) is 12.3 Å². The first-order valence-electron chi connectivity index (χ1n) is 7.49. The van der Waals surface area contributed by atoms with Crippen molar-refractivity contribution in [2.24, 2.45) is 0 Å². The molecule has 1 unspecified atom stereocenters. The van der Waals surface area contributed by atoms with Crippen LogP contribution in [0, 0.1) is 5.82 Å². The minimum Gasteiger partial charge on any atom is -0.378 e.